The molecule has 0 aliphatic heterocycles. The molecule has 0 radical (unpaired) electrons. The lowest BCUT2D eigenvalue weighted by Crippen LogP contribution is -2.36. The van der Waals surface area contributed by atoms with Crippen LogP contribution >= 0.6 is 34.5 Å². The number of halogens is 2. The van der Waals surface area contributed by atoms with Crippen LogP contribution in [0.15, 0.2) is 23.6 Å². The number of carbonyl (C=O) groups is 1. The monoisotopic (exact) mass is 344 g/mol. The maximum Gasteiger partial charge on any atom is 0.261 e. The van der Waals surface area contributed by atoms with Gasteiger partial charge in [-0.3, -0.25) is 4.79 Å². The molecule has 0 aliphatic rings. The molecule has 0 aliphatic carbocycles. The second-order valence-corrected chi connectivity index (χ2v) is 6.24. The molecule has 1 aromatic carbocycles. The first-order chi connectivity index (χ1) is 9.97. The number of rotatable bonds is 5. The Bertz CT molecular complexity index is 646. The number of aryl methyl sites for hydroxylation is 1. The Morgan fingerprint density at radius 1 is 1.48 bits per heavy atom. The van der Waals surface area contributed by atoms with Gasteiger partial charge in [0.1, 0.15) is 10.8 Å². The van der Waals surface area contributed by atoms with Gasteiger partial charge in [0.05, 0.1) is 22.3 Å². The summed E-state index contributed by atoms with van der Waals surface area (Å²) >= 11 is 13.5. The first-order valence-electron chi connectivity index (χ1n) is 6.26. The van der Waals surface area contributed by atoms with E-state index in [1.807, 2.05) is 12.3 Å². The van der Waals surface area contributed by atoms with E-state index in [1.54, 1.807) is 36.5 Å². The van der Waals surface area contributed by atoms with E-state index in [9.17, 15) is 4.79 Å². The number of ether oxygens (including phenoxy) is 1. The van der Waals surface area contributed by atoms with E-state index >= 15 is 0 Å². The summed E-state index contributed by atoms with van der Waals surface area (Å²) in [5, 5.41) is 6.34. The fraction of sp³-hybridized carbons (Fsp3) is 0.286. The predicted octanol–water partition coefficient (Wildman–Crippen LogP) is 3.84. The summed E-state index contributed by atoms with van der Waals surface area (Å²) < 4.78 is 5.54. The van der Waals surface area contributed by atoms with E-state index in [1.165, 1.54) is 0 Å². The largest absolute Gasteiger partial charge is 0.479 e. The normalized spacial score (nSPS) is 12.0. The van der Waals surface area contributed by atoms with Crippen molar-refractivity contribution in [2.45, 2.75) is 26.5 Å². The molecule has 112 valence electrons. The van der Waals surface area contributed by atoms with Gasteiger partial charge in [0.25, 0.3) is 5.91 Å². The lowest BCUT2D eigenvalue weighted by Gasteiger charge is -2.15. The smallest absolute Gasteiger partial charge is 0.261 e. The molecule has 1 atom stereocenters. The van der Waals surface area contributed by atoms with Crippen molar-refractivity contribution in [3.63, 3.8) is 0 Å². The number of carbonyl (C=O) groups excluding carboxylic acids is 1. The Balaban J connectivity index is 1.92. The number of benzene rings is 1. The van der Waals surface area contributed by atoms with Crippen molar-refractivity contribution in [1.82, 2.24) is 10.3 Å². The van der Waals surface area contributed by atoms with Gasteiger partial charge in [-0.1, -0.05) is 29.3 Å². The summed E-state index contributed by atoms with van der Waals surface area (Å²) in [5.74, 6) is 0.146. The lowest BCUT2D eigenvalue weighted by molar-refractivity contribution is -0.127. The minimum absolute atomic E-state index is 0.239. The molecule has 1 amide bonds. The van der Waals surface area contributed by atoms with Gasteiger partial charge in [0, 0.05) is 5.38 Å². The topological polar surface area (TPSA) is 51.2 Å². The molecule has 1 N–H and O–H groups in total. The third kappa shape index (κ3) is 4.33. The Kier molecular flexibility index (Phi) is 5.45. The number of nitrogens with zero attached hydrogens (tertiary/aromatic N) is 1. The van der Waals surface area contributed by atoms with Gasteiger partial charge >= 0.3 is 0 Å². The van der Waals surface area contributed by atoms with E-state index in [0.29, 0.717) is 22.3 Å². The zero-order valence-electron chi connectivity index (χ0n) is 11.5. The van der Waals surface area contributed by atoms with Crippen LogP contribution in [0.25, 0.3) is 0 Å². The summed E-state index contributed by atoms with van der Waals surface area (Å²) in [4.78, 5) is 16.3. The van der Waals surface area contributed by atoms with Crippen molar-refractivity contribution in [1.29, 1.82) is 0 Å². The average Bonchev–Trinajstić information content (AvgIpc) is 2.87. The Morgan fingerprint density at radius 2 is 2.24 bits per heavy atom. The average molecular weight is 345 g/mol. The first-order valence-corrected chi connectivity index (χ1v) is 7.90. The Hall–Kier alpha value is -1.30. The van der Waals surface area contributed by atoms with Crippen molar-refractivity contribution in [3.8, 4) is 5.75 Å². The fourth-order valence-electron chi connectivity index (χ4n) is 1.63. The molecule has 2 aromatic rings. The second kappa shape index (κ2) is 7.11. The highest BCUT2D eigenvalue weighted by Gasteiger charge is 2.17. The number of aromatic nitrogens is 1. The number of hydrogen-bond donors (Lipinski definition) is 1. The quantitative estimate of drug-likeness (QED) is 0.896. The summed E-state index contributed by atoms with van der Waals surface area (Å²) in [6.45, 7) is 3.95. The van der Waals surface area contributed by atoms with Crippen LogP contribution in [0, 0.1) is 6.92 Å². The van der Waals surface area contributed by atoms with Crippen molar-refractivity contribution in [2.75, 3.05) is 0 Å². The van der Waals surface area contributed by atoms with Crippen LogP contribution in [0.3, 0.4) is 0 Å². The summed E-state index contributed by atoms with van der Waals surface area (Å²) in [7, 11) is 0. The van der Waals surface area contributed by atoms with Crippen LogP contribution in [0.2, 0.25) is 10.0 Å². The van der Waals surface area contributed by atoms with E-state index in [4.69, 9.17) is 27.9 Å². The maximum atomic E-state index is 12.0. The number of amides is 1. The van der Waals surface area contributed by atoms with E-state index in [0.717, 1.165) is 10.7 Å². The van der Waals surface area contributed by atoms with E-state index in [2.05, 4.69) is 10.3 Å². The molecular weight excluding hydrogens is 331 g/mol. The molecule has 0 saturated heterocycles. The number of nitrogens with one attached hydrogen (secondary N) is 1. The highest BCUT2D eigenvalue weighted by Crippen LogP contribution is 2.32. The minimum atomic E-state index is -0.680. The van der Waals surface area contributed by atoms with Gasteiger partial charge < -0.3 is 10.1 Å². The molecule has 21 heavy (non-hydrogen) atoms. The molecule has 2 rings (SSSR count). The van der Waals surface area contributed by atoms with Gasteiger partial charge in [0.15, 0.2) is 6.10 Å². The molecule has 1 aromatic heterocycles. The van der Waals surface area contributed by atoms with Crippen molar-refractivity contribution < 1.29 is 9.53 Å². The van der Waals surface area contributed by atoms with Gasteiger partial charge in [-0.15, -0.1) is 11.3 Å². The molecule has 4 nitrogen and oxygen atoms in total. The predicted molar refractivity (Wildman–Crippen MR) is 85.2 cm³/mol. The third-order valence-electron chi connectivity index (χ3n) is 2.70. The molecule has 0 unspecified atom stereocenters. The first kappa shape index (κ1) is 16.1. The molecule has 0 fully saturated rings. The van der Waals surface area contributed by atoms with Crippen molar-refractivity contribution >= 4 is 40.4 Å². The Labute approximate surface area is 137 Å². The van der Waals surface area contributed by atoms with Crippen LogP contribution in [0.5, 0.6) is 5.75 Å². The zero-order chi connectivity index (χ0) is 15.4. The van der Waals surface area contributed by atoms with Crippen LogP contribution < -0.4 is 10.1 Å². The standard InChI is InChI=1S/C14H14Cl2N2O2S/c1-8(20-12-5-3-4-11(15)13(12)16)14(19)17-6-10-7-21-9(2)18-10/h3-5,7-8H,6H2,1-2H3,(H,17,19)/t8-/m1/s1. The van der Waals surface area contributed by atoms with E-state index < -0.39 is 6.10 Å². The van der Waals surface area contributed by atoms with Gasteiger partial charge in [-0.2, -0.15) is 0 Å². The molecule has 0 bridgehead atoms. The zero-order valence-corrected chi connectivity index (χ0v) is 13.9. The highest BCUT2D eigenvalue weighted by molar-refractivity contribution is 7.09. The molecule has 0 spiro atoms. The minimum Gasteiger partial charge on any atom is -0.479 e. The van der Waals surface area contributed by atoms with Crippen LogP contribution in [-0.2, 0) is 11.3 Å². The second-order valence-electron chi connectivity index (χ2n) is 4.39. The summed E-state index contributed by atoms with van der Waals surface area (Å²) in [6, 6.07) is 5.04. The number of hydrogen-bond acceptors (Lipinski definition) is 4. The summed E-state index contributed by atoms with van der Waals surface area (Å²) in [6.07, 6.45) is -0.680. The van der Waals surface area contributed by atoms with Crippen molar-refractivity contribution in [3.05, 3.63) is 44.3 Å². The summed E-state index contributed by atoms with van der Waals surface area (Å²) in [5.41, 5.74) is 0.832. The maximum absolute atomic E-state index is 12.0. The van der Waals surface area contributed by atoms with E-state index in [-0.39, 0.29) is 5.91 Å². The highest BCUT2D eigenvalue weighted by atomic mass is 35.5. The SMILES string of the molecule is Cc1nc(CNC(=O)[C@@H](C)Oc2cccc(Cl)c2Cl)cs1. The lowest BCUT2D eigenvalue weighted by atomic mass is 10.3. The fourth-order valence-corrected chi connectivity index (χ4v) is 2.58. The van der Waals surface area contributed by atoms with Crippen LogP contribution in [0.4, 0.5) is 0 Å². The molecular formula is C14H14Cl2N2O2S. The molecule has 0 saturated carbocycles. The molecule has 7 heteroatoms. The van der Waals surface area contributed by atoms with Crippen LogP contribution in [0.1, 0.15) is 17.6 Å². The van der Waals surface area contributed by atoms with Crippen molar-refractivity contribution in [2.24, 2.45) is 0 Å². The number of thiazole rings is 1. The van der Waals surface area contributed by atoms with Gasteiger partial charge in [-0.25, -0.2) is 4.98 Å². The van der Waals surface area contributed by atoms with Crippen LogP contribution in [-0.4, -0.2) is 17.0 Å². The van der Waals surface area contributed by atoms with Gasteiger partial charge in [0.2, 0.25) is 0 Å². The van der Waals surface area contributed by atoms with Gasteiger partial charge in [-0.05, 0) is 26.0 Å². The third-order valence-corrected chi connectivity index (χ3v) is 4.32. The molecule has 1 heterocycles. The Morgan fingerprint density at radius 3 is 2.90 bits per heavy atom.